The Kier molecular flexibility index (Phi) is 4.99. The number of hydrogen-bond donors (Lipinski definition) is 1. The van der Waals surface area contributed by atoms with Crippen molar-refractivity contribution in [1.29, 1.82) is 0 Å². The largest absolute Gasteiger partial charge is 0.327 e. The number of nitrogens with zero attached hydrogens (tertiary/aromatic N) is 2. The third kappa shape index (κ3) is 3.31. The highest BCUT2D eigenvalue weighted by Crippen LogP contribution is 2.39. The van der Waals surface area contributed by atoms with Gasteiger partial charge in [-0.15, -0.1) is 0 Å². The van der Waals surface area contributed by atoms with Crippen LogP contribution in [-0.4, -0.2) is 52.6 Å². The zero-order valence-electron chi connectivity index (χ0n) is 15.4. The van der Waals surface area contributed by atoms with Crippen molar-refractivity contribution < 1.29 is 23.6 Å². The molecule has 4 amide bonds. The highest BCUT2D eigenvalue weighted by Gasteiger charge is 2.55. The molecule has 0 unspecified atom stereocenters. The van der Waals surface area contributed by atoms with Gasteiger partial charge in [0.2, 0.25) is 5.91 Å². The lowest BCUT2D eigenvalue weighted by molar-refractivity contribution is -0.134. The molecule has 8 heteroatoms. The maximum absolute atomic E-state index is 14.3. The molecule has 1 aliphatic carbocycles. The molecule has 2 fully saturated rings. The molecule has 1 aliphatic heterocycles. The predicted molar refractivity (Wildman–Crippen MR) is 95.7 cm³/mol. The van der Waals surface area contributed by atoms with Crippen LogP contribution in [0.4, 0.5) is 14.9 Å². The van der Waals surface area contributed by atoms with E-state index in [0.29, 0.717) is 12.8 Å². The highest BCUT2D eigenvalue weighted by molar-refractivity contribution is 6.11. The summed E-state index contributed by atoms with van der Waals surface area (Å²) in [5, 5.41) is 2.43. The number of Topliss-reactive ketones (excluding diaryl/α,β-unsaturated/α-hetero) is 1. The molecule has 1 saturated heterocycles. The molecule has 1 N–H and O–H groups in total. The van der Waals surface area contributed by atoms with E-state index in [-0.39, 0.29) is 23.1 Å². The monoisotopic (exact) mass is 375 g/mol. The second kappa shape index (κ2) is 7.09. The van der Waals surface area contributed by atoms with Gasteiger partial charge in [-0.25, -0.2) is 9.18 Å². The van der Waals surface area contributed by atoms with Gasteiger partial charge in [0.05, 0.1) is 12.1 Å². The molecule has 27 heavy (non-hydrogen) atoms. The van der Waals surface area contributed by atoms with E-state index in [9.17, 15) is 23.6 Å². The molecule has 0 atom stereocenters. The Morgan fingerprint density at radius 2 is 1.85 bits per heavy atom. The normalized spacial score (nSPS) is 18.9. The molecule has 0 aromatic heterocycles. The summed E-state index contributed by atoms with van der Waals surface area (Å²) in [6, 6.07) is 3.16. The summed E-state index contributed by atoms with van der Waals surface area (Å²) in [7, 11) is 1.58. The number of amides is 4. The quantitative estimate of drug-likeness (QED) is 0.647. The van der Waals surface area contributed by atoms with Gasteiger partial charge in [0.1, 0.15) is 11.4 Å². The van der Waals surface area contributed by atoms with Gasteiger partial charge in [-0.1, -0.05) is 19.3 Å². The molecular weight excluding hydrogens is 353 g/mol. The minimum Gasteiger partial charge on any atom is -0.326 e. The highest BCUT2D eigenvalue weighted by atomic mass is 19.1. The molecule has 1 aromatic carbocycles. The van der Waals surface area contributed by atoms with Gasteiger partial charge >= 0.3 is 6.03 Å². The summed E-state index contributed by atoms with van der Waals surface area (Å²) >= 11 is 0. The van der Waals surface area contributed by atoms with E-state index in [1.807, 2.05) is 0 Å². The fraction of sp³-hybridized carbons (Fsp3) is 0.474. The van der Waals surface area contributed by atoms with Crippen LogP contribution in [0.15, 0.2) is 18.2 Å². The number of carbonyl (C=O) groups is 4. The Morgan fingerprint density at radius 1 is 1.19 bits per heavy atom. The summed E-state index contributed by atoms with van der Waals surface area (Å²) in [4.78, 5) is 51.4. The first kappa shape index (κ1) is 19.0. The van der Waals surface area contributed by atoms with Crippen LogP contribution in [0.5, 0.6) is 0 Å². The van der Waals surface area contributed by atoms with Crippen molar-refractivity contribution in [2.75, 3.05) is 18.9 Å². The molecular formula is C19H22FN3O4. The number of anilines is 1. The third-order valence-electron chi connectivity index (χ3n) is 5.38. The van der Waals surface area contributed by atoms with Crippen LogP contribution in [0.1, 0.15) is 49.4 Å². The summed E-state index contributed by atoms with van der Waals surface area (Å²) in [5.41, 5.74) is -0.869. The van der Waals surface area contributed by atoms with Gasteiger partial charge < -0.3 is 10.2 Å². The first-order valence-electron chi connectivity index (χ1n) is 8.96. The maximum atomic E-state index is 14.3. The van der Waals surface area contributed by atoms with Crippen molar-refractivity contribution in [3.8, 4) is 0 Å². The molecule has 1 spiro atoms. The smallest absolute Gasteiger partial charge is 0.326 e. The first-order valence-corrected chi connectivity index (χ1v) is 8.96. The van der Waals surface area contributed by atoms with Crippen LogP contribution in [0.25, 0.3) is 0 Å². The molecule has 0 bridgehead atoms. The Bertz CT molecular complexity index is 817. The second-order valence-electron chi connectivity index (χ2n) is 7.12. The van der Waals surface area contributed by atoms with Crippen molar-refractivity contribution in [3.05, 3.63) is 29.6 Å². The first-order chi connectivity index (χ1) is 12.8. The minimum absolute atomic E-state index is 0.225. The third-order valence-corrected chi connectivity index (χ3v) is 5.38. The topological polar surface area (TPSA) is 86.8 Å². The van der Waals surface area contributed by atoms with Gasteiger partial charge in [-0.05, 0) is 31.0 Å². The Hall–Kier alpha value is -2.77. The van der Waals surface area contributed by atoms with Crippen LogP contribution in [0.3, 0.4) is 0 Å². The summed E-state index contributed by atoms with van der Waals surface area (Å²) < 4.78 is 14.3. The van der Waals surface area contributed by atoms with Gasteiger partial charge in [0.25, 0.3) is 5.91 Å². The van der Waals surface area contributed by atoms with Crippen molar-refractivity contribution >= 4 is 29.3 Å². The molecule has 3 rings (SSSR count). The van der Waals surface area contributed by atoms with Gasteiger partial charge in [0.15, 0.2) is 5.78 Å². The summed E-state index contributed by atoms with van der Waals surface area (Å²) in [5.74, 6) is -2.21. The zero-order valence-corrected chi connectivity index (χ0v) is 15.4. The second-order valence-corrected chi connectivity index (χ2v) is 7.12. The molecule has 1 saturated carbocycles. The summed E-state index contributed by atoms with van der Waals surface area (Å²) in [6.45, 7) is 0.791. The van der Waals surface area contributed by atoms with Gasteiger partial charge in [0, 0.05) is 19.7 Å². The van der Waals surface area contributed by atoms with Crippen LogP contribution >= 0.6 is 0 Å². The molecule has 7 nitrogen and oxygen atoms in total. The van der Waals surface area contributed by atoms with Crippen LogP contribution in [0, 0.1) is 5.82 Å². The number of ketones is 1. The number of benzene rings is 1. The molecule has 1 aromatic rings. The van der Waals surface area contributed by atoms with E-state index < -0.39 is 29.7 Å². The zero-order chi connectivity index (χ0) is 19.8. The van der Waals surface area contributed by atoms with E-state index >= 15 is 0 Å². The van der Waals surface area contributed by atoms with E-state index in [1.54, 1.807) is 7.05 Å². The maximum Gasteiger partial charge on any atom is 0.327 e. The number of likely N-dealkylation sites (N-methyl/N-ethyl adjacent to an activating group) is 1. The number of hydrogen-bond acceptors (Lipinski definition) is 4. The number of carbonyl (C=O) groups excluding carboxylic acids is 4. The van der Waals surface area contributed by atoms with Crippen molar-refractivity contribution in [1.82, 2.24) is 9.80 Å². The SMILES string of the molecule is CC(=O)Nc1ccc(C(=O)CN2C(=O)N(C)C3(CCCCC3)C2=O)c(F)c1. The Balaban J connectivity index is 1.79. The number of rotatable bonds is 4. The molecule has 2 aliphatic rings. The van der Waals surface area contributed by atoms with E-state index in [2.05, 4.69) is 5.32 Å². The minimum atomic E-state index is -0.872. The fourth-order valence-electron chi connectivity index (χ4n) is 3.92. The Morgan fingerprint density at radius 3 is 2.44 bits per heavy atom. The number of urea groups is 1. The van der Waals surface area contributed by atoms with Crippen LogP contribution in [0.2, 0.25) is 0 Å². The molecule has 1 heterocycles. The van der Waals surface area contributed by atoms with Gasteiger partial charge in [-0.2, -0.15) is 0 Å². The lowest BCUT2D eigenvalue weighted by Crippen LogP contribution is -2.49. The predicted octanol–water partition coefficient (Wildman–Crippen LogP) is 2.56. The average Bonchev–Trinajstić information content (AvgIpc) is 2.78. The lowest BCUT2D eigenvalue weighted by atomic mass is 9.80. The van der Waals surface area contributed by atoms with E-state index in [0.717, 1.165) is 30.2 Å². The summed E-state index contributed by atoms with van der Waals surface area (Å²) in [6.07, 6.45) is 3.88. The molecule has 0 radical (unpaired) electrons. The molecule has 144 valence electrons. The van der Waals surface area contributed by atoms with E-state index in [1.165, 1.54) is 24.0 Å². The standard InChI is InChI=1S/C19H22FN3O4/c1-12(24)21-13-6-7-14(15(20)10-13)16(25)11-23-17(26)19(22(2)18(23)27)8-4-3-5-9-19/h6-7,10H,3-5,8-9,11H2,1-2H3,(H,21,24). The van der Waals surface area contributed by atoms with E-state index in [4.69, 9.17) is 0 Å². The average molecular weight is 375 g/mol. The Labute approximate surface area is 156 Å². The van der Waals surface area contributed by atoms with Crippen molar-refractivity contribution in [2.24, 2.45) is 0 Å². The number of imide groups is 1. The van der Waals surface area contributed by atoms with Crippen molar-refractivity contribution in [2.45, 2.75) is 44.6 Å². The fourth-order valence-corrected chi connectivity index (χ4v) is 3.92. The van der Waals surface area contributed by atoms with Gasteiger partial charge in [-0.3, -0.25) is 19.3 Å². The lowest BCUT2D eigenvalue weighted by Gasteiger charge is -2.35. The van der Waals surface area contributed by atoms with Crippen molar-refractivity contribution in [3.63, 3.8) is 0 Å². The van der Waals surface area contributed by atoms with Crippen LogP contribution in [-0.2, 0) is 9.59 Å². The number of halogens is 1. The number of nitrogens with one attached hydrogen (secondary N) is 1. The van der Waals surface area contributed by atoms with Crippen LogP contribution < -0.4 is 5.32 Å².